The molecule has 25 heavy (non-hydrogen) atoms. The summed E-state index contributed by atoms with van der Waals surface area (Å²) in [5, 5.41) is 0. The van der Waals surface area contributed by atoms with Gasteiger partial charge in [0.15, 0.2) is 0 Å². The largest absolute Gasteiger partial charge is 0.373 e. The molecule has 0 aromatic heterocycles. The van der Waals surface area contributed by atoms with Crippen LogP contribution in [-0.4, -0.2) is 55.5 Å². The van der Waals surface area contributed by atoms with Gasteiger partial charge in [-0.25, -0.2) is 0 Å². The van der Waals surface area contributed by atoms with Crippen molar-refractivity contribution >= 4 is 5.91 Å². The Hall–Kier alpha value is -1.39. The second-order valence-corrected chi connectivity index (χ2v) is 7.61. The van der Waals surface area contributed by atoms with Gasteiger partial charge in [-0.2, -0.15) is 0 Å². The van der Waals surface area contributed by atoms with Crippen molar-refractivity contribution in [2.75, 3.05) is 33.8 Å². The number of amides is 1. The quantitative estimate of drug-likeness (QED) is 0.820. The number of carbonyl (C=O) groups excluding carboxylic acids is 1. The summed E-state index contributed by atoms with van der Waals surface area (Å²) in [5.74, 6) is 0.316. The highest BCUT2D eigenvalue weighted by Gasteiger charge is 2.37. The molecule has 0 aliphatic carbocycles. The number of benzene rings is 1. The van der Waals surface area contributed by atoms with Crippen LogP contribution >= 0.6 is 0 Å². The molecule has 138 valence electrons. The molecule has 1 aromatic carbocycles. The molecular formula is C21H32N2O2. The van der Waals surface area contributed by atoms with E-state index in [2.05, 4.69) is 36.2 Å². The average molecular weight is 344 g/mol. The molecule has 1 unspecified atom stereocenters. The number of carbonyl (C=O) groups is 1. The Labute approximate surface area is 152 Å². The first kappa shape index (κ1) is 18.4. The highest BCUT2D eigenvalue weighted by Crippen LogP contribution is 2.36. The molecule has 2 saturated heterocycles. The molecule has 0 spiro atoms. The lowest BCUT2D eigenvalue weighted by Crippen LogP contribution is -2.46. The minimum atomic E-state index is -0.234. The Morgan fingerprint density at radius 3 is 2.52 bits per heavy atom. The second kappa shape index (κ2) is 8.33. The molecule has 0 radical (unpaired) electrons. The van der Waals surface area contributed by atoms with E-state index in [9.17, 15) is 4.79 Å². The number of likely N-dealkylation sites (tertiary alicyclic amines) is 2. The van der Waals surface area contributed by atoms with Crippen LogP contribution in [0.2, 0.25) is 0 Å². The number of nitrogens with zero attached hydrogens (tertiary/aromatic N) is 2. The van der Waals surface area contributed by atoms with Crippen LogP contribution in [0.25, 0.3) is 0 Å². The molecule has 1 aromatic rings. The van der Waals surface area contributed by atoms with Crippen LogP contribution in [-0.2, 0) is 15.1 Å². The molecule has 3 rings (SSSR count). The van der Waals surface area contributed by atoms with Gasteiger partial charge in [-0.1, -0.05) is 36.8 Å². The van der Waals surface area contributed by atoms with Gasteiger partial charge in [-0.3, -0.25) is 4.79 Å². The van der Waals surface area contributed by atoms with Crippen molar-refractivity contribution in [3.8, 4) is 0 Å². The SMILES string of the molecule is COC1(c2ccccc2)CCN(C(=O)CCC2CCCCN2C)CC1. The molecule has 1 atom stereocenters. The van der Waals surface area contributed by atoms with E-state index in [1.165, 1.54) is 31.4 Å². The molecule has 2 heterocycles. The third-order valence-electron chi connectivity index (χ3n) is 6.23. The number of hydrogen-bond acceptors (Lipinski definition) is 3. The zero-order chi connectivity index (χ0) is 17.7. The smallest absolute Gasteiger partial charge is 0.222 e. The summed E-state index contributed by atoms with van der Waals surface area (Å²) < 4.78 is 5.92. The summed E-state index contributed by atoms with van der Waals surface area (Å²) in [6.45, 7) is 2.76. The lowest BCUT2D eigenvalue weighted by molar-refractivity contribution is -0.137. The van der Waals surface area contributed by atoms with Gasteiger partial charge in [0, 0.05) is 32.7 Å². The van der Waals surface area contributed by atoms with Crippen molar-refractivity contribution in [3.05, 3.63) is 35.9 Å². The number of methoxy groups -OCH3 is 1. The predicted molar refractivity (Wildman–Crippen MR) is 100 cm³/mol. The third-order valence-corrected chi connectivity index (χ3v) is 6.23. The van der Waals surface area contributed by atoms with Crippen molar-refractivity contribution in [3.63, 3.8) is 0 Å². The van der Waals surface area contributed by atoms with E-state index in [-0.39, 0.29) is 5.60 Å². The van der Waals surface area contributed by atoms with Crippen LogP contribution in [0.3, 0.4) is 0 Å². The molecular weight excluding hydrogens is 312 g/mol. The average Bonchev–Trinajstić information content (AvgIpc) is 2.68. The Kier molecular flexibility index (Phi) is 6.13. The maximum Gasteiger partial charge on any atom is 0.222 e. The van der Waals surface area contributed by atoms with Gasteiger partial charge in [0.25, 0.3) is 0 Å². The minimum absolute atomic E-state index is 0.234. The first-order valence-corrected chi connectivity index (χ1v) is 9.73. The highest BCUT2D eigenvalue weighted by molar-refractivity contribution is 5.76. The number of rotatable bonds is 5. The van der Waals surface area contributed by atoms with Crippen LogP contribution < -0.4 is 0 Å². The fourth-order valence-electron chi connectivity index (χ4n) is 4.43. The maximum absolute atomic E-state index is 12.6. The Bertz CT molecular complexity index is 552. The predicted octanol–water partition coefficient (Wildman–Crippen LogP) is 3.42. The third kappa shape index (κ3) is 4.24. The molecule has 2 aliphatic rings. The molecule has 2 aliphatic heterocycles. The van der Waals surface area contributed by atoms with Crippen molar-refractivity contribution in [1.29, 1.82) is 0 Å². The molecule has 4 nitrogen and oxygen atoms in total. The summed E-state index contributed by atoms with van der Waals surface area (Å²) in [4.78, 5) is 17.1. The molecule has 0 N–H and O–H groups in total. The van der Waals surface area contributed by atoms with Crippen LogP contribution in [0.5, 0.6) is 0 Å². The molecule has 0 bridgehead atoms. The fourth-order valence-corrected chi connectivity index (χ4v) is 4.43. The van der Waals surface area contributed by atoms with E-state index in [1.54, 1.807) is 7.11 Å². The van der Waals surface area contributed by atoms with Gasteiger partial charge in [-0.15, -0.1) is 0 Å². The Morgan fingerprint density at radius 1 is 1.16 bits per heavy atom. The Balaban J connectivity index is 1.52. The molecule has 0 saturated carbocycles. The van der Waals surface area contributed by atoms with E-state index in [1.807, 2.05) is 11.0 Å². The van der Waals surface area contributed by atoms with E-state index >= 15 is 0 Å². The van der Waals surface area contributed by atoms with E-state index in [4.69, 9.17) is 4.74 Å². The van der Waals surface area contributed by atoms with Gasteiger partial charge in [0.1, 0.15) is 0 Å². The molecule has 2 fully saturated rings. The van der Waals surface area contributed by atoms with Crippen molar-refractivity contribution in [1.82, 2.24) is 9.80 Å². The first-order chi connectivity index (χ1) is 12.1. The van der Waals surface area contributed by atoms with Gasteiger partial charge in [0.05, 0.1) is 5.60 Å². The summed E-state index contributed by atoms with van der Waals surface area (Å²) in [5.41, 5.74) is 0.996. The molecule has 1 amide bonds. The number of piperidine rings is 2. The first-order valence-electron chi connectivity index (χ1n) is 9.73. The Morgan fingerprint density at radius 2 is 1.88 bits per heavy atom. The van der Waals surface area contributed by atoms with Crippen LogP contribution in [0.15, 0.2) is 30.3 Å². The lowest BCUT2D eigenvalue weighted by atomic mass is 9.84. The molecule has 4 heteroatoms. The zero-order valence-electron chi connectivity index (χ0n) is 15.7. The summed E-state index contributed by atoms with van der Waals surface area (Å²) in [6, 6.07) is 11.0. The topological polar surface area (TPSA) is 32.8 Å². The standard InChI is InChI=1S/C21H32N2O2/c1-22-15-7-6-10-19(22)11-12-20(24)23-16-13-21(25-2,14-17-23)18-8-4-3-5-9-18/h3-5,8-9,19H,6-7,10-17H2,1-2H3. The minimum Gasteiger partial charge on any atom is -0.373 e. The van der Waals surface area contributed by atoms with Crippen molar-refractivity contribution < 1.29 is 9.53 Å². The van der Waals surface area contributed by atoms with E-state index in [0.717, 1.165) is 32.4 Å². The number of ether oxygens (including phenoxy) is 1. The van der Waals surface area contributed by atoms with Gasteiger partial charge in [0.2, 0.25) is 5.91 Å². The number of hydrogen-bond donors (Lipinski definition) is 0. The van der Waals surface area contributed by atoms with E-state index < -0.39 is 0 Å². The van der Waals surface area contributed by atoms with Gasteiger partial charge < -0.3 is 14.5 Å². The lowest BCUT2D eigenvalue weighted by Gasteiger charge is -2.41. The zero-order valence-corrected chi connectivity index (χ0v) is 15.7. The highest BCUT2D eigenvalue weighted by atomic mass is 16.5. The summed E-state index contributed by atoms with van der Waals surface area (Å²) in [7, 11) is 3.99. The maximum atomic E-state index is 12.6. The van der Waals surface area contributed by atoms with E-state index in [0.29, 0.717) is 18.4 Å². The van der Waals surface area contributed by atoms with Crippen LogP contribution in [0, 0.1) is 0 Å². The summed E-state index contributed by atoms with van der Waals surface area (Å²) in [6.07, 6.45) is 7.28. The monoisotopic (exact) mass is 344 g/mol. The van der Waals surface area contributed by atoms with Crippen molar-refractivity contribution in [2.45, 2.75) is 56.6 Å². The van der Waals surface area contributed by atoms with Crippen molar-refractivity contribution in [2.24, 2.45) is 0 Å². The second-order valence-electron chi connectivity index (χ2n) is 7.61. The normalized spacial score (nSPS) is 24.2. The van der Waals surface area contributed by atoms with Gasteiger partial charge >= 0.3 is 0 Å². The van der Waals surface area contributed by atoms with Crippen LogP contribution in [0.1, 0.15) is 50.5 Å². The summed E-state index contributed by atoms with van der Waals surface area (Å²) >= 11 is 0. The fraction of sp³-hybridized carbons (Fsp3) is 0.667. The van der Waals surface area contributed by atoms with Crippen LogP contribution in [0.4, 0.5) is 0 Å². The van der Waals surface area contributed by atoms with Gasteiger partial charge in [-0.05, 0) is 51.3 Å².